The molecular formula is C23H23N5O4S. The fourth-order valence-electron chi connectivity index (χ4n) is 3.71. The van der Waals surface area contributed by atoms with E-state index in [-0.39, 0.29) is 17.1 Å². The van der Waals surface area contributed by atoms with E-state index in [4.69, 9.17) is 0 Å². The molecule has 2 aromatic carbocycles. The maximum atomic E-state index is 13.1. The summed E-state index contributed by atoms with van der Waals surface area (Å²) in [7, 11) is 0. The zero-order valence-electron chi connectivity index (χ0n) is 18.1. The second-order valence-electron chi connectivity index (χ2n) is 7.66. The highest BCUT2D eigenvalue weighted by molar-refractivity contribution is 7.99. The molecule has 0 spiro atoms. The van der Waals surface area contributed by atoms with Crippen LogP contribution in [-0.2, 0) is 6.54 Å². The fourth-order valence-corrected chi connectivity index (χ4v) is 4.69. The van der Waals surface area contributed by atoms with Gasteiger partial charge in [0.15, 0.2) is 5.69 Å². The van der Waals surface area contributed by atoms with Gasteiger partial charge in [0.1, 0.15) is 5.69 Å². The van der Waals surface area contributed by atoms with Crippen LogP contribution in [0.25, 0.3) is 5.69 Å². The summed E-state index contributed by atoms with van der Waals surface area (Å²) in [4.78, 5) is 38.9. The largest absolute Gasteiger partial charge is 0.320 e. The molecule has 0 atom stereocenters. The van der Waals surface area contributed by atoms with Crippen molar-refractivity contribution >= 4 is 29.0 Å². The van der Waals surface area contributed by atoms with Gasteiger partial charge in [-0.15, -0.1) is 0 Å². The number of carbonyl (C=O) groups excluding carboxylic acids is 1. The van der Waals surface area contributed by atoms with E-state index in [0.717, 1.165) is 30.2 Å². The molecule has 10 heteroatoms. The van der Waals surface area contributed by atoms with E-state index in [1.807, 2.05) is 30.0 Å². The maximum absolute atomic E-state index is 13.1. The third-order valence-corrected chi connectivity index (χ3v) is 6.33. The molecule has 1 fully saturated rings. The highest BCUT2D eigenvalue weighted by Gasteiger charge is 2.21. The lowest BCUT2D eigenvalue weighted by Crippen LogP contribution is -2.32. The Hall–Kier alpha value is -3.50. The van der Waals surface area contributed by atoms with E-state index >= 15 is 0 Å². The van der Waals surface area contributed by atoms with Crippen LogP contribution in [0.3, 0.4) is 0 Å². The SMILES string of the molecule is Cc1cc(=O)c(C(=O)Nc2ccccc2CN2CCSCC2)nn1-c1ccccc1[N+](=O)[O-]. The second kappa shape index (κ2) is 9.97. The van der Waals surface area contributed by atoms with Crippen molar-refractivity contribution in [3.8, 4) is 5.69 Å². The van der Waals surface area contributed by atoms with E-state index in [1.165, 1.54) is 22.9 Å². The first-order valence-electron chi connectivity index (χ1n) is 10.5. The molecule has 0 aliphatic carbocycles. The number of anilines is 1. The average molecular weight is 466 g/mol. The van der Waals surface area contributed by atoms with Crippen LogP contribution < -0.4 is 10.7 Å². The summed E-state index contributed by atoms with van der Waals surface area (Å²) in [6.45, 7) is 4.26. The normalized spacial score (nSPS) is 14.1. The van der Waals surface area contributed by atoms with Gasteiger partial charge in [0.2, 0.25) is 5.43 Å². The molecule has 2 heterocycles. The molecule has 9 nitrogen and oxygen atoms in total. The van der Waals surface area contributed by atoms with E-state index in [9.17, 15) is 19.7 Å². The number of para-hydroxylation sites is 3. The number of nitro benzene ring substituents is 1. The van der Waals surface area contributed by atoms with Crippen LogP contribution in [-0.4, -0.2) is 50.1 Å². The number of nitrogens with one attached hydrogen (secondary N) is 1. The van der Waals surface area contributed by atoms with Crippen LogP contribution in [0.5, 0.6) is 0 Å². The molecule has 0 radical (unpaired) electrons. The van der Waals surface area contributed by atoms with Gasteiger partial charge in [-0.05, 0) is 24.6 Å². The second-order valence-corrected chi connectivity index (χ2v) is 8.88. The number of rotatable bonds is 6. The van der Waals surface area contributed by atoms with E-state index in [0.29, 0.717) is 17.9 Å². The first-order chi connectivity index (χ1) is 15.9. The zero-order chi connectivity index (χ0) is 23.4. The van der Waals surface area contributed by atoms with Gasteiger partial charge in [0.05, 0.1) is 4.92 Å². The van der Waals surface area contributed by atoms with Crippen molar-refractivity contribution in [3.63, 3.8) is 0 Å². The van der Waals surface area contributed by atoms with Gasteiger partial charge >= 0.3 is 0 Å². The molecule has 0 saturated carbocycles. The Kier molecular flexibility index (Phi) is 6.85. The Morgan fingerprint density at radius 2 is 1.85 bits per heavy atom. The van der Waals surface area contributed by atoms with E-state index in [1.54, 1.807) is 25.1 Å². The number of hydrogen-bond donors (Lipinski definition) is 1. The topological polar surface area (TPSA) is 110 Å². The summed E-state index contributed by atoms with van der Waals surface area (Å²) >= 11 is 1.93. The van der Waals surface area contributed by atoms with Gasteiger partial charge in [-0.3, -0.25) is 24.6 Å². The molecule has 1 aliphatic rings. The van der Waals surface area contributed by atoms with Crippen molar-refractivity contribution in [2.24, 2.45) is 0 Å². The van der Waals surface area contributed by atoms with Crippen LogP contribution in [0.15, 0.2) is 59.4 Å². The van der Waals surface area contributed by atoms with Gasteiger partial charge in [0.25, 0.3) is 11.6 Å². The quantitative estimate of drug-likeness (QED) is 0.439. The van der Waals surface area contributed by atoms with Crippen molar-refractivity contribution < 1.29 is 9.72 Å². The molecule has 1 saturated heterocycles. The van der Waals surface area contributed by atoms with Crippen LogP contribution >= 0.6 is 11.8 Å². The number of carbonyl (C=O) groups is 1. The summed E-state index contributed by atoms with van der Waals surface area (Å²) in [6.07, 6.45) is 0. The monoisotopic (exact) mass is 465 g/mol. The van der Waals surface area contributed by atoms with Crippen molar-refractivity contribution in [2.75, 3.05) is 29.9 Å². The minimum atomic E-state index is -0.658. The maximum Gasteiger partial charge on any atom is 0.294 e. The summed E-state index contributed by atoms with van der Waals surface area (Å²) < 4.78 is 1.26. The average Bonchev–Trinajstić information content (AvgIpc) is 2.81. The van der Waals surface area contributed by atoms with Gasteiger partial charge in [-0.1, -0.05) is 30.3 Å². The molecular weight excluding hydrogens is 442 g/mol. The zero-order valence-corrected chi connectivity index (χ0v) is 18.9. The number of hydrogen-bond acceptors (Lipinski definition) is 7. The van der Waals surface area contributed by atoms with Gasteiger partial charge < -0.3 is 5.32 Å². The van der Waals surface area contributed by atoms with Crippen LogP contribution in [0.4, 0.5) is 11.4 Å². The molecule has 1 aliphatic heterocycles. The third-order valence-electron chi connectivity index (χ3n) is 5.39. The van der Waals surface area contributed by atoms with Crippen molar-refractivity contribution in [1.29, 1.82) is 0 Å². The molecule has 1 amide bonds. The van der Waals surface area contributed by atoms with Crippen LogP contribution in [0.1, 0.15) is 21.7 Å². The van der Waals surface area contributed by atoms with Crippen molar-refractivity contribution in [1.82, 2.24) is 14.7 Å². The van der Waals surface area contributed by atoms with Crippen LogP contribution in [0, 0.1) is 17.0 Å². The number of nitro groups is 1. The highest BCUT2D eigenvalue weighted by atomic mass is 32.2. The van der Waals surface area contributed by atoms with Crippen molar-refractivity contribution in [2.45, 2.75) is 13.5 Å². The number of benzene rings is 2. The Balaban J connectivity index is 1.65. The summed E-state index contributed by atoms with van der Waals surface area (Å²) in [6, 6.07) is 14.8. The fraction of sp³-hybridized carbons (Fsp3) is 0.261. The lowest BCUT2D eigenvalue weighted by atomic mass is 10.1. The standard InChI is InChI=1S/C23H23N5O4S/c1-16-14-21(29)22(25-27(16)19-8-4-5-9-20(19)28(31)32)23(30)24-18-7-3-2-6-17(18)15-26-10-12-33-13-11-26/h2-9,14H,10-13,15H2,1H3,(H,24,30). The predicted molar refractivity (Wildman–Crippen MR) is 128 cm³/mol. The molecule has 3 aromatic rings. The number of amides is 1. The third kappa shape index (κ3) is 5.12. The Bertz CT molecular complexity index is 1250. The number of nitrogens with zero attached hydrogens (tertiary/aromatic N) is 4. The Morgan fingerprint density at radius 3 is 2.61 bits per heavy atom. The van der Waals surface area contributed by atoms with Crippen molar-refractivity contribution in [3.05, 3.63) is 91.9 Å². The number of aryl methyl sites for hydroxylation is 1. The highest BCUT2D eigenvalue weighted by Crippen LogP contribution is 2.23. The minimum Gasteiger partial charge on any atom is -0.320 e. The summed E-state index contributed by atoms with van der Waals surface area (Å²) in [5.41, 5.74) is 1.07. The first-order valence-corrected chi connectivity index (χ1v) is 11.6. The molecule has 1 aromatic heterocycles. The van der Waals surface area contributed by atoms with Gasteiger partial charge in [-0.2, -0.15) is 16.9 Å². The molecule has 1 N–H and O–H groups in total. The number of aromatic nitrogens is 2. The summed E-state index contributed by atoms with van der Waals surface area (Å²) in [5, 5.41) is 18.5. The number of thioether (sulfide) groups is 1. The lowest BCUT2D eigenvalue weighted by molar-refractivity contribution is -0.384. The van der Waals surface area contributed by atoms with E-state index in [2.05, 4.69) is 15.3 Å². The lowest BCUT2D eigenvalue weighted by Gasteiger charge is -2.27. The molecule has 170 valence electrons. The Morgan fingerprint density at radius 1 is 1.15 bits per heavy atom. The van der Waals surface area contributed by atoms with Crippen LogP contribution in [0.2, 0.25) is 0 Å². The smallest absolute Gasteiger partial charge is 0.294 e. The van der Waals surface area contributed by atoms with Gasteiger partial charge in [0, 0.05) is 54.7 Å². The predicted octanol–water partition coefficient (Wildman–Crippen LogP) is 3.25. The molecule has 0 unspecified atom stereocenters. The minimum absolute atomic E-state index is 0.173. The van der Waals surface area contributed by atoms with Gasteiger partial charge in [-0.25, -0.2) is 4.68 Å². The Labute approximate surface area is 194 Å². The molecule has 0 bridgehead atoms. The molecule has 4 rings (SSSR count). The van der Waals surface area contributed by atoms with E-state index < -0.39 is 16.3 Å². The summed E-state index contributed by atoms with van der Waals surface area (Å²) in [5.74, 6) is 1.49. The first kappa shape index (κ1) is 22.7. The molecule has 33 heavy (non-hydrogen) atoms.